The van der Waals surface area contributed by atoms with Crippen LogP contribution in [-0.2, 0) is 9.59 Å². The number of Topliss-reactive ketones (excluding diaryl/α,β-unsaturated/α-hetero) is 1. The zero-order valence-corrected chi connectivity index (χ0v) is 11.4. The van der Waals surface area contributed by atoms with E-state index in [9.17, 15) is 19.5 Å². The van der Waals surface area contributed by atoms with E-state index in [2.05, 4.69) is 5.16 Å². The Morgan fingerprint density at radius 2 is 1.91 bits per heavy atom. The summed E-state index contributed by atoms with van der Waals surface area (Å²) >= 11 is 0. The Morgan fingerprint density at radius 1 is 1.27 bits per heavy atom. The summed E-state index contributed by atoms with van der Waals surface area (Å²) in [6, 6.07) is 2.30. The fraction of sp³-hybridized carbons (Fsp3) is 0.231. The van der Waals surface area contributed by atoms with E-state index in [0.717, 1.165) is 12.1 Å². The molecule has 0 radical (unpaired) electrons. The van der Waals surface area contributed by atoms with Gasteiger partial charge < -0.3 is 26.9 Å². The number of aromatic hydroxyl groups is 1. The van der Waals surface area contributed by atoms with Crippen molar-refractivity contribution in [2.75, 3.05) is 0 Å². The van der Waals surface area contributed by atoms with Crippen LogP contribution in [0.4, 0.5) is 0 Å². The molecule has 1 atom stereocenters. The van der Waals surface area contributed by atoms with Crippen molar-refractivity contribution in [3.8, 4) is 5.75 Å². The molecule has 0 aliphatic rings. The van der Waals surface area contributed by atoms with Gasteiger partial charge in [-0.25, -0.2) is 0 Å². The summed E-state index contributed by atoms with van der Waals surface area (Å²) in [5.74, 6) is -3.24. The number of phenolic OH excluding ortho intramolecular Hbond substituents is 1. The van der Waals surface area contributed by atoms with Gasteiger partial charge in [-0.2, -0.15) is 0 Å². The number of oxime groups is 1. The second kappa shape index (κ2) is 7.18. The van der Waals surface area contributed by atoms with E-state index in [4.69, 9.17) is 21.8 Å². The van der Waals surface area contributed by atoms with E-state index < -0.39 is 35.2 Å². The van der Waals surface area contributed by atoms with E-state index in [0.29, 0.717) is 0 Å². The molecule has 0 saturated carbocycles. The Kier molecular flexibility index (Phi) is 5.58. The topological polar surface area (TPSA) is 176 Å². The van der Waals surface area contributed by atoms with E-state index in [1.807, 2.05) is 0 Å². The van der Waals surface area contributed by atoms with Crippen molar-refractivity contribution >= 4 is 23.4 Å². The molecule has 0 aliphatic carbocycles. The number of benzene rings is 1. The lowest BCUT2D eigenvalue weighted by molar-refractivity contribution is -0.137. The van der Waals surface area contributed by atoms with Crippen LogP contribution in [0, 0.1) is 0 Å². The number of carboxylic acid groups (broad SMARTS) is 1. The number of carbonyl (C=O) groups is 3. The van der Waals surface area contributed by atoms with Crippen molar-refractivity contribution in [1.82, 2.24) is 0 Å². The molecule has 22 heavy (non-hydrogen) atoms. The number of hydrogen-bond donors (Lipinski definition) is 5. The maximum absolute atomic E-state index is 12.1. The zero-order chi connectivity index (χ0) is 16.9. The zero-order valence-electron chi connectivity index (χ0n) is 11.4. The maximum atomic E-state index is 12.1. The number of rotatable bonds is 7. The molecule has 0 aliphatic heterocycles. The van der Waals surface area contributed by atoms with Gasteiger partial charge in [0.25, 0.3) is 5.91 Å². The molecule has 9 heteroatoms. The predicted molar refractivity (Wildman–Crippen MR) is 74.8 cm³/mol. The van der Waals surface area contributed by atoms with Crippen LogP contribution in [0.25, 0.3) is 0 Å². The first-order valence-electron chi connectivity index (χ1n) is 6.14. The number of phenols is 1. The van der Waals surface area contributed by atoms with Crippen molar-refractivity contribution in [1.29, 1.82) is 0 Å². The number of hydrogen-bond acceptors (Lipinski definition) is 7. The van der Waals surface area contributed by atoms with E-state index >= 15 is 0 Å². The van der Waals surface area contributed by atoms with Crippen LogP contribution in [0.5, 0.6) is 5.75 Å². The van der Waals surface area contributed by atoms with Crippen LogP contribution in [0.3, 0.4) is 0 Å². The minimum Gasteiger partial charge on any atom is -0.507 e. The van der Waals surface area contributed by atoms with Gasteiger partial charge in [0.15, 0.2) is 11.5 Å². The molecular weight excluding hydrogens is 294 g/mol. The largest absolute Gasteiger partial charge is 0.507 e. The highest BCUT2D eigenvalue weighted by Gasteiger charge is 2.22. The molecule has 1 amide bonds. The van der Waals surface area contributed by atoms with Gasteiger partial charge in [0.05, 0.1) is 11.6 Å². The van der Waals surface area contributed by atoms with Crippen molar-refractivity contribution in [2.45, 2.75) is 18.9 Å². The van der Waals surface area contributed by atoms with Gasteiger partial charge in [-0.1, -0.05) is 5.16 Å². The van der Waals surface area contributed by atoms with Crippen molar-refractivity contribution in [3.05, 3.63) is 29.3 Å². The highest BCUT2D eigenvalue weighted by molar-refractivity contribution is 6.44. The Balaban J connectivity index is 3.11. The molecule has 0 heterocycles. The molecule has 0 fully saturated rings. The van der Waals surface area contributed by atoms with E-state index in [1.54, 1.807) is 0 Å². The maximum Gasteiger partial charge on any atom is 0.303 e. The summed E-state index contributed by atoms with van der Waals surface area (Å²) < 4.78 is 0. The lowest BCUT2D eigenvalue weighted by atomic mass is 9.97. The number of ketones is 1. The number of nitrogens with two attached hydrogens (primary N) is 2. The molecule has 0 spiro atoms. The molecule has 1 aromatic rings. The number of nitrogens with zero attached hydrogens (tertiary/aromatic N) is 1. The quantitative estimate of drug-likeness (QED) is 0.194. The molecule has 1 rings (SSSR count). The lowest BCUT2D eigenvalue weighted by Gasteiger charge is -2.12. The Bertz CT molecular complexity index is 641. The van der Waals surface area contributed by atoms with Crippen LogP contribution in [0.2, 0.25) is 0 Å². The van der Waals surface area contributed by atoms with Gasteiger partial charge in [-0.05, 0) is 24.6 Å². The molecular formula is C13H15N3O6. The molecule has 1 aromatic carbocycles. The van der Waals surface area contributed by atoms with Crippen LogP contribution < -0.4 is 11.5 Å². The third-order valence-electron chi connectivity index (χ3n) is 2.87. The molecule has 0 saturated heterocycles. The Hall–Kier alpha value is -2.94. The second-order valence-electron chi connectivity index (χ2n) is 4.45. The second-order valence-corrected chi connectivity index (χ2v) is 4.45. The minimum atomic E-state index is -1.14. The minimum absolute atomic E-state index is 0.0154. The smallest absolute Gasteiger partial charge is 0.303 e. The van der Waals surface area contributed by atoms with Crippen molar-refractivity contribution in [3.63, 3.8) is 0 Å². The number of carboxylic acids is 1. The van der Waals surface area contributed by atoms with Crippen LogP contribution in [0.1, 0.15) is 28.8 Å². The van der Waals surface area contributed by atoms with Gasteiger partial charge >= 0.3 is 5.97 Å². The molecule has 0 bridgehead atoms. The first-order chi connectivity index (χ1) is 10.3. The summed E-state index contributed by atoms with van der Waals surface area (Å²) in [6.07, 6.45) is -0.424. The van der Waals surface area contributed by atoms with Gasteiger partial charge in [-0.15, -0.1) is 0 Å². The lowest BCUT2D eigenvalue weighted by Crippen LogP contribution is -2.31. The average Bonchev–Trinajstić information content (AvgIpc) is 2.46. The van der Waals surface area contributed by atoms with Gasteiger partial charge in [0.1, 0.15) is 5.75 Å². The highest BCUT2D eigenvalue weighted by atomic mass is 16.4. The summed E-state index contributed by atoms with van der Waals surface area (Å²) in [5, 5.41) is 29.8. The fourth-order valence-corrected chi connectivity index (χ4v) is 1.74. The van der Waals surface area contributed by atoms with Crippen molar-refractivity contribution < 1.29 is 29.8 Å². The average molecular weight is 309 g/mol. The van der Waals surface area contributed by atoms with Gasteiger partial charge in [-0.3, -0.25) is 14.4 Å². The number of aliphatic carboxylic acids is 1. The first-order valence-corrected chi connectivity index (χ1v) is 6.14. The van der Waals surface area contributed by atoms with Crippen molar-refractivity contribution in [2.24, 2.45) is 16.6 Å². The molecule has 0 aromatic heterocycles. The summed E-state index contributed by atoms with van der Waals surface area (Å²) in [6.45, 7) is 0. The molecule has 118 valence electrons. The molecule has 0 unspecified atom stereocenters. The predicted octanol–water partition coefficient (Wildman–Crippen LogP) is -0.569. The SMILES string of the molecule is NC(=O)C(=NO)c1ccc(O)c(C(=O)[C@H](N)CCC(=O)O)c1. The van der Waals surface area contributed by atoms with E-state index in [-0.39, 0.29) is 24.0 Å². The fourth-order valence-electron chi connectivity index (χ4n) is 1.74. The monoisotopic (exact) mass is 309 g/mol. The number of amides is 1. The van der Waals surface area contributed by atoms with E-state index in [1.165, 1.54) is 6.07 Å². The summed E-state index contributed by atoms with van der Waals surface area (Å²) in [5.41, 5.74) is 9.91. The Labute approximate surface area is 124 Å². The van der Waals surface area contributed by atoms with Gasteiger partial charge in [0.2, 0.25) is 0 Å². The van der Waals surface area contributed by atoms with Crippen LogP contribution in [-0.4, -0.2) is 44.8 Å². The molecule has 7 N–H and O–H groups in total. The third kappa shape index (κ3) is 4.03. The number of carbonyl (C=O) groups excluding carboxylic acids is 2. The standard InChI is InChI=1S/C13H15N3O6/c14-8(2-4-10(18)19)12(20)7-5-6(1-3-9(7)17)11(16-22)13(15)21/h1,3,5,8,17,22H,2,4,14H2,(H2,15,21)(H,18,19)/t8-/m1/s1. The summed E-state index contributed by atoms with van der Waals surface area (Å²) in [7, 11) is 0. The Morgan fingerprint density at radius 3 is 2.41 bits per heavy atom. The first kappa shape index (κ1) is 17.1. The molecule has 9 nitrogen and oxygen atoms in total. The van der Waals surface area contributed by atoms with Crippen LogP contribution in [0.15, 0.2) is 23.4 Å². The summed E-state index contributed by atoms with van der Waals surface area (Å²) in [4.78, 5) is 33.7. The highest BCUT2D eigenvalue weighted by Crippen LogP contribution is 2.21. The van der Waals surface area contributed by atoms with Gasteiger partial charge in [0, 0.05) is 12.0 Å². The third-order valence-corrected chi connectivity index (χ3v) is 2.87. The van der Waals surface area contributed by atoms with Crippen LogP contribution >= 0.6 is 0 Å². The number of primary amides is 1. The normalized spacial score (nSPS) is 12.7.